The molecule has 0 saturated carbocycles. The smallest absolute Gasteiger partial charge is 0.338 e. The molecule has 1 N–H and O–H groups in total. The minimum absolute atomic E-state index is 0.0668. The van der Waals surface area contributed by atoms with Crippen LogP contribution in [-0.4, -0.2) is 78.5 Å². The Morgan fingerprint density at radius 3 is 2.60 bits per heavy atom. The van der Waals surface area contributed by atoms with Gasteiger partial charge in [0.25, 0.3) is 5.91 Å². The molecule has 2 unspecified atom stereocenters. The minimum atomic E-state index is -0.604. The predicted octanol–water partition coefficient (Wildman–Crippen LogP) is 2.95. The standard InChI is InChI=1S/C26H32N4O5/c1-5-34-25(32)22-20(28(4)26(33)27-23(22)19-10-7-6-9-17(19)2)16-29-12-13-30(18(3)15-29)24(31)21-11-8-14-35-21/h6-11,14,18,23H,5,12-13,15-16H2,1-4H3,(H,27,33). The first-order valence-electron chi connectivity index (χ1n) is 11.9. The van der Waals surface area contributed by atoms with Crippen LogP contribution in [0, 0.1) is 6.92 Å². The molecule has 35 heavy (non-hydrogen) atoms. The fourth-order valence-electron chi connectivity index (χ4n) is 4.77. The van der Waals surface area contributed by atoms with Gasteiger partial charge >= 0.3 is 12.0 Å². The van der Waals surface area contributed by atoms with Gasteiger partial charge in [0.2, 0.25) is 0 Å². The number of hydrogen-bond acceptors (Lipinski definition) is 6. The summed E-state index contributed by atoms with van der Waals surface area (Å²) < 4.78 is 10.7. The van der Waals surface area contributed by atoms with Gasteiger partial charge in [0.15, 0.2) is 5.76 Å². The van der Waals surface area contributed by atoms with Gasteiger partial charge in [-0.05, 0) is 44.0 Å². The van der Waals surface area contributed by atoms with Crippen molar-refractivity contribution >= 4 is 17.9 Å². The van der Waals surface area contributed by atoms with Crippen LogP contribution in [0.4, 0.5) is 4.79 Å². The highest BCUT2D eigenvalue weighted by Gasteiger charge is 2.39. The van der Waals surface area contributed by atoms with Gasteiger partial charge in [-0.2, -0.15) is 0 Å². The number of amides is 3. The first-order valence-corrected chi connectivity index (χ1v) is 11.9. The Hall–Kier alpha value is -3.59. The number of esters is 1. The lowest BCUT2D eigenvalue weighted by Gasteiger charge is -2.42. The molecule has 3 heterocycles. The van der Waals surface area contributed by atoms with E-state index < -0.39 is 12.0 Å². The zero-order valence-electron chi connectivity index (χ0n) is 20.6. The molecule has 9 heteroatoms. The molecule has 2 aromatic rings. The van der Waals surface area contributed by atoms with Crippen LogP contribution in [0.2, 0.25) is 0 Å². The lowest BCUT2D eigenvalue weighted by atomic mass is 9.91. The van der Waals surface area contributed by atoms with Gasteiger partial charge < -0.3 is 19.4 Å². The third kappa shape index (κ3) is 4.95. The molecule has 2 atom stereocenters. The van der Waals surface area contributed by atoms with E-state index in [-0.39, 0.29) is 24.6 Å². The quantitative estimate of drug-likeness (QED) is 0.639. The summed E-state index contributed by atoms with van der Waals surface area (Å²) in [7, 11) is 1.66. The lowest BCUT2D eigenvalue weighted by Crippen LogP contribution is -2.56. The molecule has 4 rings (SSSR count). The van der Waals surface area contributed by atoms with Crippen LogP contribution in [-0.2, 0) is 9.53 Å². The zero-order valence-corrected chi connectivity index (χ0v) is 20.6. The Kier molecular flexibility index (Phi) is 7.25. The molecular formula is C26H32N4O5. The van der Waals surface area contributed by atoms with Crippen molar-refractivity contribution in [1.82, 2.24) is 20.0 Å². The number of piperazine rings is 1. The molecule has 9 nitrogen and oxygen atoms in total. The summed E-state index contributed by atoms with van der Waals surface area (Å²) in [5, 5.41) is 2.97. The normalized spacial score (nSPS) is 21.2. The molecule has 0 bridgehead atoms. The maximum absolute atomic E-state index is 13.2. The number of carbonyl (C=O) groups excluding carboxylic acids is 3. The minimum Gasteiger partial charge on any atom is -0.463 e. The summed E-state index contributed by atoms with van der Waals surface area (Å²) >= 11 is 0. The molecule has 1 aromatic carbocycles. The lowest BCUT2D eigenvalue weighted by molar-refractivity contribution is -0.139. The molecule has 3 amide bonds. The molecule has 0 aliphatic carbocycles. The van der Waals surface area contributed by atoms with Crippen molar-refractivity contribution in [1.29, 1.82) is 0 Å². The maximum atomic E-state index is 13.2. The Labute approximate surface area is 205 Å². The third-order valence-electron chi connectivity index (χ3n) is 6.65. The van der Waals surface area contributed by atoms with E-state index >= 15 is 0 Å². The largest absolute Gasteiger partial charge is 0.463 e. The van der Waals surface area contributed by atoms with Gasteiger partial charge in [-0.15, -0.1) is 0 Å². The number of nitrogens with zero attached hydrogens (tertiary/aromatic N) is 3. The van der Waals surface area contributed by atoms with Crippen molar-refractivity contribution in [3.8, 4) is 0 Å². The van der Waals surface area contributed by atoms with Crippen LogP contribution >= 0.6 is 0 Å². The van der Waals surface area contributed by atoms with E-state index in [0.717, 1.165) is 11.1 Å². The van der Waals surface area contributed by atoms with Gasteiger partial charge in [-0.1, -0.05) is 24.3 Å². The zero-order chi connectivity index (χ0) is 25.1. The third-order valence-corrected chi connectivity index (χ3v) is 6.65. The van der Waals surface area contributed by atoms with Gasteiger partial charge in [-0.25, -0.2) is 9.59 Å². The fraction of sp³-hybridized carbons (Fsp3) is 0.423. The highest BCUT2D eigenvalue weighted by Crippen LogP contribution is 2.33. The maximum Gasteiger partial charge on any atom is 0.338 e. The van der Waals surface area contributed by atoms with Crippen molar-refractivity contribution in [2.45, 2.75) is 32.9 Å². The number of hydrogen-bond donors (Lipinski definition) is 1. The van der Waals surface area contributed by atoms with Gasteiger partial charge in [-0.3, -0.25) is 14.6 Å². The molecule has 0 spiro atoms. The second-order valence-corrected chi connectivity index (χ2v) is 8.94. The summed E-state index contributed by atoms with van der Waals surface area (Å²) in [5.41, 5.74) is 2.88. The number of nitrogens with one attached hydrogen (secondary N) is 1. The highest BCUT2D eigenvalue weighted by molar-refractivity contribution is 5.95. The Morgan fingerprint density at radius 2 is 1.94 bits per heavy atom. The fourth-order valence-corrected chi connectivity index (χ4v) is 4.77. The van der Waals surface area contributed by atoms with Crippen LogP contribution in [0.1, 0.15) is 41.6 Å². The van der Waals surface area contributed by atoms with E-state index in [4.69, 9.17) is 9.15 Å². The number of aryl methyl sites for hydroxylation is 1. The molecule has 1 saturated heterocycles. The summed E-state index contributed by atoms with van der Waals surface area (Å²) in [6, 6.07) is 10.1. The highest BCUT2D eigenvalue weighted by atomic mass is 16.5. The Balaban J connectivity index is 1.62. The number of urea groups is 1. The van der Waals surface area contributed by atoms with Crippen LogP contribution in [0.15, 0.2) is 58.3 Å². The molecule has 186 valence electrons. The second-order valence-electron chi connectivity index (χ2n) is 8.94. The predicted molar refractivity (Wildman–Crippen MR) is 130 cm³/mol. The number of likely N-dealkylation sites (N-methyl/N-ethyl adjacent to an activating group) is 1. The topological polar surface area (TPSA) is 95.3 Å². The van der Waals surface area contributed by atoms with Crippen molar-refractivity contribution in [3.63, 3.8) is 0 Å². The average Bonchev–Trinajstić information content (AvgIpc) is 3.37. The molecule has 2 aliphatic heterocycles. The van der Waals surface area contributed by atoms with E-state index in [0.29, 0.717) is 43.2 Å². The van der Waals surface area contributed by atoms with Crippen LogP contribution in [0.5, 0.6) is 0 Å². The summed E-state index contributed by atoms with van der Waals surface area (Å²) in [5.74, 6) is -0.257. The van der Waals surface area contributed by atoms with E-state index in [1.54, 1.807) is 31.0 Å². The Morgan fingerprint density at radius 1 is 1.17 bits per heavy atom. The monoisotopic (exact) mass is 480 g/mol. The first kappa shape index (κ1) is 24.5. The van der Waals surface area contributed by atoms with Crippen molar-refractivity contribution in [3.05, 3.63) is 70.8 Å². The van der Waals surface area contributed by atoms with E-state index in [1.807, 2.05) is 38.1 Å². The van der Waals surface area contributed by atoms with Gasteiger partial charge in [0.05, 0.1) is 24.5 Å². The molecule has 1 aromatic heterocycles. The van der Waals surface area contributed by atoms with Crippen molar-refractivity contribution in [2.75, 3.05) is 39.8 Å². The first-order chi connectivity index (χ1) is 16.8. The van der Waals surface area contributed by atoms with E-state index in [9.17, 15) is 14.4 Å². The molecule has 2 aliphatic rings. The number of ether oxygens (including phenoxy) is 1. The van der Waals surface area contributed by atoms with Crippen LogP contribution in [0.3, 0.4) is 0 Å². The van der Waals surface area contributed by atoms with E-state index in [2.05, 4.69) is 10.2 Å². The molecular weight excluding hydrogens is 448 g/mol. The molecule has 1 fully saturated rings. The number of benzene rings is 1. The van der Waals surface area contributed by atoms with Gasteiger partial charge in [0, 0.05) is 45.0 Å². The van der Waals surface area contributed by atoms with Crippen molar-refractivity contribution < 1.29 is 23.5 Å². The second kappa shape index (κ2) is 10.4. The van der Waals surface area contributed by atoms with Crippen LogP contribution < -0.4 is 5.32 Å². The van der Waals surface area contributed by atoms with Crippen LogP contribution in [0.25, 0.3) is 0 Å². The average molecular weight is 481 g/mol. The SMILES string of the molecule is CCOC(=O)C1=C(CN2CCN(C(=O)c3ccco3)C(C)C2)N(C)C(=O)NC1c1ccccc1C. The number of furan rings is 1. The van der Waals surface area contributed by atoms with Crippen molar-refractivity contribution in [2.24, 2.45) is 0 Å². The van der Waals surface area contributed by atoms with Gasteiger partial charge in [0.1, 0.15) is 0 Å². The number of rotatable bonds is 6. The summed E-state index contributed by atoms with van der Waals surface area (Å²) in [6.45, 7) is 8.03. The Bertz CT molecular complexity index is 1130. The summed E-state index contributed by atoms with van der Waals surface area (Å²) in [6.07, 6.45) is 1.49. The summed E-state index contributed by atoms with van der Waals surface area (Å²) in [4.78, 5) is 44.4. The van der Waals surface area contributed by atoms with E-state index in [1.165, 1.54) is 11.2 Å². The molecule has 0 radical (unpaired) electrons. The number of carbonyl (C=O) groups is 3.